The number of aliphatic hydroxyl groups excluding tert-OH is 1. The first kappa shape index (κ1) is 13.9. The SMILES string of the molecule is Cc1cc(C)c(C)c(Oc2ccc(Cl)cc2CO)c1. The Bertz CT molecular complexity index is 606. The monoisotopic (exact) mass is 276 g/mol. The maximum atomic E-state index is 9.36. The number of hydrogen-bond acceptors (Lipinski definition) is 2. The van der Waals surface area contributed by atoms with Crippen molar-refractivity contribution in [2.24, 2.45) is 0 Å². The highest BCUT2D eigenvalue weighted by Gasteiger charge is 2.09. The van der Waals surface area contributed by atoms with E-state index in [0.29, 0.717) is 16.3 Å². The number of aryl methyl sites for hydroxylation is 2. The van der Waals surface area contributed by atoms with Gasteiger partial charge in [-0.05, 0) is 61.7 Å². The molecule has 3 heteroatoms. The fourth-order valence-corrected chi connectivity index (χ4v) is 2.19. The van der Waals surface area contributed by atoms with Gasteiger partial charge < -0.3 is 9.84 Å². The lowest BCUT2D eigenvalue weighted by molar-refractivity contribution is 0.276. The third-order valence-electron chi connectivity index (χ3n) is 3.18. The van der Waals surface area contributed by atoms with E-state index >= 15 is 0 Å². The quantitative estimate of drug-likeness (QED) is 0.891. The molecule has 0 aliphatic heterocycles. The van der Waals surface area contributed by atoms with E-state index in [9.17, 15) is 5.11 Å². The van der Waals surface area contributed by atoms with Crippen LogP contribution in [0.4, 0.5) is 0 Å². The second-order valence-corrected chi connectivity index (χ2v) is 5.15. The molecule has 2 aromatic carbocycles. The summed E-state index contributed by atoms with van der Waals surface area (Å²) in [5, 5.41) is 9.95. The number of benzene rings is 2. The lowest BCUT2D eigenvalue weighted by Gasteiger charge is -2.14. The maximum Gasteiger partial charge on any atom is 0.133 e. The maximum absolute atomic E-state index is 9.36. The Labute approximate surface area is 118 Å². The summed E-state index contributed by atoms with van der Waals surface area (Å²) in [4.78, 5) is 0. The van der Waals surface area contributed by atoms with Gasteiger partial charge in [-0.15, -0.1) is 0 Å². The Morgan fingerprint density at radius 2 is 1.79 bits per heavy atom. The zero-order valence-electron chi connectivity index (χ0n) is 11.3. The second kappa shape index (κ2) is 5.64. The van der Waals surface area contributed by atoms with Crippen LogP contribution < -0.4 is 4.74 Å². The van der Waals surface area contributed by atoms with E-state index in [1.807, 2.05) is 19.9 Å². The normalized spacial score (nSPS) is 10.6. The predicted molar refractivity (Wildman–Crippen MR) is 78.1 cm³/mol. The molecule has 0 heterocycles. The van der Waals surface area contributed by atoms with Crippen LogP contribution >= 0.6 is 11.6 Å². The largest absolute Gasteiger partial charge is 0.457 e. The van der Waals surface area contributed by atoms with Gasteiger partial charge in [0.1, 0.15) is 11.5 Å². The molecule has 0 aromatic heterocycles. The molecule has 0 fully saturated rings. The zero-order valence-corrected chi connectivity index (χ0v) is 12.1. The Morgan fingerprint density at radius 1 is 1.05 bits per heavy atom. The van der Waals surface area contributed by atoms with Gasteiger partial charge in [-0.1, -0.05) is 17.7 Å². The van der Waals surface area contributed by atoms with E-state index in [0.717, 1.165) is 16.9 Å². The van der Waals surface area contributed by atoms with E-state index < -0.39 is 0 Å². The number of halogens is 1. The minimum absolute atomic E-state index is 0.0975. The lowest BCUT2D eigenvalue weighted by atomic mass is 10.1. The number of aliphatic hydroxyl groups is 1. The molecule has 100 valence electrons. The number of hydrogen-bond donors (Lipinski definition) is 1. The first-order valence-electron chi connectivity index (χ1n) is 6.16. The highest BCUT2D eigenvalue weighted by molar-refractivity contribution is 6.30. The predicted octanol–water partition coefficient (Wildman–Crippen LogP) is 4.55. The first-order valence-corrected chi connectivity index (χ1v) is 6.54. The molecular weight excluding hydrogens is 260 g/mol. The summed E-state index contributed by atoms with van der Waals surface area (Å²) in [6.45, 7) is 6.02. The minimum atomic E-state index is -0.0975. The summed E-state index contributed by atoms with van der Waals surface area (Å²) in [6.07, 6.45) is 0. The van der Waals surface area contributed by atoms with Gasteiger partial charge in [-0.25, -0.2) is 0 Å². The molecule has 0 spiro atoms. The highest BCUT2D eigenvalue weighted by atomic mass is 35.5. The fraction of sp³-hybridized carbons (Fsp3) is 0.250. The van der Waals surface area contributed by atoms with E-state index in [1.165, 1.54) is 5.56 Å². The Morgan fingerprint density at radius 3 is 2.47 bits per heavy atom. The van der Waals surface area contributed by atoms with Gasteiger partial charge >= 0.3 is 0 Å². The highest BCUT2D eigenvalue weighted by Crippen LogP contribution is 2.31. The fourth-order valence-electron chi connectivity index (χ4n) is 2.00. The van der Waals surface area contributed by atoms with Crippen molar-refractivity contribution in [1.29, 1.82) is 0 Å². The first-order chi connectivity index (χ1) is 9.01. The van der Waals surface area contributed by atoms with Crippen LogP contribution in [0.2, 0.25) is 5.02 Å². The molecule has 0 saturated heterocycles. The molecule has 0 aliphatic carbocycles. The molecular formula is C16H17ClO2. The molecule has 0 bridgehead atoms. The molecule has 0 unspecified atom stereocenters. The second-order valence-electron chi connectivity index (χ2n) is 4.72. The van der Waals surface area contributed by atoms with Crippen LogP contribution in [0.3, 0.4) is 0 Å². The van der Waals surface area contributed by atoms with Gasteiger partial charge in [0.25, 0.3) is 0 Å². The number of ether oxygens (including phenoxy) is 1. The van der Waals surface area contributed by atoms with Crippen LogP contribution in [0, 0.1) is 20.8 Å². The third kappa shape index (κ3) is 3.09. The van der Waals surface area contributed by atoms with Crippen molar-refractivity contribution in [3.8, 4) is 11.5 Å². The topological polar surface area (TPSA) is 29.5 Å². The molecule has 0 radical (unpaired) electrons. The van der Waals surface area contributed by atoms with E-state index in [-0.39, 0.29) is 6.61 Å². The van der Waals surface area contributed by atoms with Crippen LogP contribution in [-0.2, 0) is 6.61 Å². The third-order valence-corrected chi connectivity index (χ3v) is 3.41. The summed E-state index contributed by atoms with van der Waals surface area (Å²) in [7, 11) is 0. The molecule has 0 saturated carbocycles. The van der Waals surface area contributed by atoms with Gasteiger partial charge in [-0.2, -0.15) is 0 Å². The molecule has 0 amide bonds. The standard InChI is InChI=1S/C16H17ClO2/c1-10-6-11(2)12(3)16(7-10)19-15-5-4-14(17)8-13(15)9-18/h4-8,18H,9H2,1-3H3. The van der Waals surface area contributed by atoms with Crippen molar-refractivity contribution < 1.29 is 9.84 Å². The van der Waals surface area contributed by atoms with Crippen molar-refractivity contribution in [1.82, 2.24) is 0 Å². The minimum Gasteiger partial charge on any atom is -0.457 e. The smallest absolute Gasteiger partial charge is 0.133 e. The van der Waals surface area contributed by atoms with E-state index in [4.69, 9.17) is 16.3 Å². The van der Waals surface area contributed by atoms with Crippen LogP contribution in [0.25, 0.3) is 0 Å². The van der Waals surface area contributed by atoms with Crippen LogP contribution in [0.5, 0.6) is 11.5 Å². The van der Waals surface area contributed by atoms with Crippen LogP contribution in [0.1, 0.15) is 22.3 Å². The average molecular weight is 277 g/mol. The summed E-state index contributed by atoms with van der Waals surface area (Å²) in [5.41, 5.74) is 4.13. The van der Waals surface area contributed by atoms with Crippen molar-refractivity contribution in [2.75, 3.05) is 0 Å². The zero-order chi connectivity index (χ0) is 14.0. The van der Waals surface area contributed by atoms with Gasteiger partial charge in [0, 0.05) is 10.6 Å². The van der Waals surface area contributed by atoms with Crippen molar-refractivity contribution >= 4 is 11.6 Å². The van der Waals surface area contributed by atoms with Gasteiger partial charge in [-0.3, -0.25) is 0 Å². The average Bonchev–Trinajstić information content (AvgIpc) is 2.37. The Balaban J connectivity index is 2.41. The van der Waals surface area contributed by atoms with Crippen LogP contribution in [-0.4, -0.2) is 5.11 Å². The van der Waals surface area contributed by atoms with E-state index in [2.05, 4.69) is 13.0 Å². The van der Waals surface area contributed by atoms with Gasteiger partial charge in [0.2, 0.25) is 0 Å². The van der Waals surface area contributed by atoms with Crippen LogP contribution in [0.15, 0.2) is 30.3 Å². The van der Waals surface area contributed by atoms with Crippen molar-refractivity contribution in [3.63, 3.8) is 0 Å². The summed E-state index contributed by atoms with van der Waals surface area (Å²) in [6, 6.07) is 9.38. The van der Waals surface area contributed by atoms with Gasteiger partial charge in [0.15, 0.2) is 0 Å². The molecule has 0 atom stereocenters. The van der Waals surface area contributed by atoms with E-state index in [1.54, 1.807) is 18.2 Å². The molecule has 1 N–H and O–H groups in total. The number of rotatable bonds is 3. The Hall–Kier alpha value is -1.51. The Kier molecular flexibility index (Phi) is 4.13. The summed E-state index contributed by atoms with van der Waals surface area (Å²) in [5.74, 6) is 1.45. The van der Waals surface area contributed by atoms with Crippen molar-refractivity contribution in [3.05, 3.63) is 57.6 Å². The van der Waals surface area contributed by atoms with Gasteiger partial charge in [0.05, 0.1) is 6.61 Å². The lowest BCUT2D eigenvalue weighted by Crippen LogP contribution is -1.95. The molecule has 2 rings (SSSR count). The molecule has 2 nitrogen and oxygen atoms in total. The van der Waals surface area contributed by atoms with Crippen molar-refractivity contribution in [2.45, 2.75) is 27.4 Å². The summed E-state index contributed by atoms with van der Waals surface area (Å²) >= 11 is 5.91. The molecule has 0 aliphatic rings. The molecule has 2 aromatic rings. The molecule has 19 heavy (non-hydrogen) atoms. The summed E-state index contributed by atoms with van der Waals surface area (Å²) < 4.78 is 5.93.